The van der Waals surface area contributed by atoms with Crippen molar-refractivity contribution in [3.63, 3.8) is 0 Å². The molecule has 0 saturated heterocycles. The van der Waals surface area contributed by atoms with Crippen LogP contribution in [0.15, 0.2) is 48.4 Å². The van der Waals surface area contributed by atoms with Crippen molar-refractivity contribution in [3.05, 3.63) is 48.8 Å². The molecule has 0 unspecified atom stereocenters. The van der Waals surface area contributed by atoms with E-state index in [0.29, 0.717) is 11.3 Å². The quantitative estimate of drug-likeness (QED) is 0.559. The summed E-state index contributed by atoms with van der Waals surface area (Å²) in [6.45, 7) is 0. The molecule has 2 N–H and O–H groups in total. The number of aromatic nitrogens is 5. The second-order valence-corrected chi connectivity index (χ2v) is 4.33. The fourth-order valence-corrected chi connectivity index (χ4v) is 1.82. The zero-order valence-corrected chi connectivity index (χ0v) is 12.2. The number of hydrogen-bond acceptors (Lipinski definition) is 8. The van der Waals surface area contributed by atoms with Gasteiger partial charge < -0.3 is 15.3 Å². The maximum Gasteiger partial charge on any atom is 0.233 e. The van der Waals surface area contributed by atoms with Gasteiger partial charge in [0.15, 0.2) is 0 Å². The average Bonchev–Trinajstić information content (AvgIpc) is 3.10. The van der Waals surface area contributed by atoms with Crippen molar-refractivity contribution in [2.45, 2.75) is 0 Å². The first kappa shape index (κ1) is 14.4. The van der Waals surface area contributed by atoms with Crippen LogP contribution in [-0.4, -0.2) is 38.1 Å². The Morgan fingerprint density at radius 1 is 1.17 bits per heavy atom. The Morgan fingerprint density at radius 3 is 2.70 bits per heavy atom. The maximum atomic E-state index is 5.81. The lowest BCUT2D eigenvalue weighted by Crippen LogP contribution is -2.02. The first-order valence-electron chi connectivity index (χ1n) is 6.58. The standard InChI is InChI=1S/C14H13N7O2/c1-22-20-6-12-13(15)17-8-18-14(12)23-11-4-2-10(3-5-11)21-9-16-7-19-21/h2-9H,1H3,(H2,15,17,18)/b20-6+. The minimum atomic E-state index is 0.245. The van der Waals surface area contributed by atoms with Crippen molar-refractivity contribution in [1.29, 1.82) is 0 Å². The average molecular weight is 311 g/mol. The van der Waals surface area contributed by atoms with E-state index in [1.165, 1.54) is 26.0 Å². The lowest BCUT2D eigenvalue weighted by Gasteiger charge is -2.09. The van der Waals surface area contributed by atoms with Gasteiger partial charge in [0.2, 0.25) is 5.88 Å². The van der Waals surface area contributed by atoms with Crippen molar-refractivity contribution in [2.24, 2.45) is 5.16 Å². The van der Waals surface area contributed by atoms with Gasteiger partial charge in [0, 0.05) is 0 Å². The van der Waals surface area contributed by atoms with Crippen LogP contribution in [0.3, 0.4) is 0 Å². The molecular formula is C14H13N7O2. The molecule has 116 valence electrons. The van der Waals surface area contributed by atoms with Gasteiger partial charge in [-0.1, -0.05) is 5.16 Å². The van der Waals surface area contributed by atoms with Gasteiger partial charge in [-0.25, -0.2) is 19.6 Å². The molecule has 1 aromatic carbocycles. The second kappa shape index (κ2) is 6.52. The highest BCUT2D eigenvalue weighted by Crippen LogP contribution is 2.25. The van der Waals surface area contributed by atoms with E-state index in [-0.39, 0.29) is 11.7 Å². The van der Waals surface area contributed by atoms with Crippen LogP contribution in [0.25, 0.3) is 5.69 Å². The first-order chi connectivity index (χ1) is 11.3. The lowest BCUT2D eigenvalue weighted by molar-refractivity contribution is 0.215. The van der Waals surface area contributed by atoms with Gasteiger partial charge in [-0.15, -0.1) is 0 Å². The summed E-state index contributed by atoms with van der Waals surface area (Å²) in [4.78, 5) is 16.5. The van der Waals surface area contributed by atoms with E-state index in [2.05, 4.69) is 30.0 Å². The Hall–Kier alpha value is -3.49. The Labute approximate surface area is 131 Å². The first-order valence-corrected chi connectivity index (χ1v) is 6.58. The Bertz CT molecular complexity index is 801. The van der Waals surface area contributed by atoms with Crippen LogP contribution in [0.4, 0.5) is 5.82 Å². The molecule has 0 spiro atoms. The molecule has 9 heteroatoms. The lowest BCUT2D eigenvalue weighted by atomic mass is 10.3. The molecule has 9 nitrogen and oxygen atoms in total. The zero-order valence-electron chi connectivity index (χ0n) is 12.2. The number of anilines is 1. The molecule has 2 aromatic heterocycles. The molecule has 0 saturated carbocycles. The number of rotatable bonds is 5. The van der Waals surface area contributed by atoms with Crippen LogP contribution in [0.2, 0.25) is 0 Å². The van der Waals surface area contributed by atoms with Crippen LogP contribution < -0.4 is 10.5 Å². The molecular weight excluding hydrogens is 298 g/mol. The van der Waals surface area contributed by atoms with Gasteiger partial charge in [-0.3, -0.25) is 0 Å². The van der Waals surface area contributed by atoms with E-state index >= 15 is 0 Å². The molecule has 3 aromatic rings. The van der Waals surface area contributed by atoms with Crippen LogP contribution in [0.1, 0.15) is 5.56 Å². The number of oxime groups is 1. The van der Waals surface area contributed by atoms with Gasteiger partial charge in [0.1, 0.15) is 43.2 Å². The van der Waals surface area contributed by atoms with Gasteiger partial charge in [0.25, 0.3) is 0 Å². The fraction of sp³-hybridized carbons (Fsp3) is 0.0714. The van der Waals surface area contributed by atoms with E-state index in [4.69, 9.17) is 10.5 Å². The predicted molar refractivity (Wildman–Crippen MR) is 82.5 cm³/mol. The maximum absolute atomic E-state index is 5.81. The SMILES string of the molecule is CO/N=C/c1c(N)ncnc1Oc1ccc(-n2cncn2)cc1. The number of ether oxygens (including phenoxy) is 1. The molecule has 0 amide bonds. The number of nitrogens with zero attached hydrogens (tertiary/aromatic N) is 6. The molecule has 0 radical (unpaired) electrons. The Morgan fingerprint density at radius 2 is 2.00 bits per heavy atom. The van der Waals surface area contributed by atoms with Crippen molar-refractivity contribution in [2.75, 3.05) is 12.8 Å². The monoisotopic (exact) mass is 311 g/mol. The van der Waals surface area contributed by atoms with Gasteiger partial charge in [-0.05, 0) is 24.3 Å². The molecule has 3 rings (SSSR count). The van der Waals surface area contributed by atoms with Crippen molar-refractivity contribution < 1.29 is 9.57 Å². The number of nitrogens with two attached hydrogens (primary N) is 1. The molecule has 23 heavy (non-hydrogen) atoms. The van der Waals surface area contributed by atoms with E-state index in [1.54, 1.807) is 23.1 Å². The van der Waals surface area contributed by atoms with Gasteiger partial charge in [0.05, 0.1) is 11.9 Å². The minimum absolute atomic E-state index is 0.245. The van der Waals surface area contributed by atoms with E-state index < -0.39 is 0 Å². The predicted octanol–water partition coefficient (Wildman–Crippen LogP) is 1.41. The minimum Gasteiger partial charge on any atom is -0.438 e. The second-order valence-electron chi connectivity index (χ2n) is 4.33. The van der Waals surface area contributed by atoms with Crippen LogP contribution in [-0.2, 0) is 4.84 Å². The van der Waals surface area contributed by atoms with Crippen LogP contribution in [0.5, 0.6) is 11.6 Å². The van der Waals surface area contributed by atoms with Crippen LogP contribution >= 0.6 is 0 Å². The smallest absolute Gasteiger partial charge is 0.233 e. The summed E-state index contributed by atoms with van der Waals surface area (Å²) in [5.41, 5.74) is 7.11. The molecule has 0 aliphatic heterocycles. The summed E-state index contributed by atoms with van der Waals surface area (Å²) in [5.74, 6) is 1.11. The Balaban J connectivity index is 1.85. The van der Waals surface area contributed by atoms with Crippen molar-refractivity contribution in [3.8, 4) is 17.3 Å². The molecule has 0 bridgehead atoms. The molecule has 0 aliphatic carbocycles. The summed E-state index contributed by atoms with van der Waals surface area (Å²) in [5, 5.41) is 7.73. The topological polar surface area (TPSA) is 113 Å². The zero-order chi connectivity index (χ0) is 16.1. The third kappa shape index (κ3) is 3.23. The van der Waals surface area contributed by atoms with Gasteiger partial charge in [-0.2, -0.15) is 5.10 Å². The normalized spacial score (nSPS) is 10.8. The largest absolute Gasteiger partial charge is 0.438 e. The third-order valence-corrected chi connectivity index (χ3v) is 2.90. The van der Waals surface area contributed by atoms with Crippen LogP contribution in [0, 0.1) is 0 Å². The molecule has 0 atom stereocenters. The molecule has 2 heterocycles. The summed E-state index contributed by atoms with van der Waals surface area (Å²) >= 11 is 0. The summed E-state index contributed by atoms with van der Waals surface area (Å²) in [6.07, 6.45) is 5.79. The summed E-state index contributed by atoms with van der Waals surface area (Å²) < 4.78 is 7.38. The van der Waals surface area contributed by atoms with Crippen molar-refractivity contribution in [1.82, 2.24) is 24.7 Å². The Kier molecular flexibility index (Phi) is 4.09. The van der Waals surface area contributed by atoms with E-state index in [1.807, 2.05) is 12.1 Å². The highest BCUT2D eigenvalue weighted by molar-refractivity contribution is 5.88. The third-order valence-electron chi connectivity index (χ3n) is 2.90. The molecule has 0 aliphatic rings. The van der Waals surface area contributed by atoms with E-state index in [9.17, 15) is 0 Å². The number of benzene rings is 1. The fourth-order valence-electron chi connectivity index (χ4n) is 1.82. The number of hydrogen-bond donors (Lipinski definition) is 1. The highest BCUT2D eigenvalue weighted by Gasteiger charge is 2.10. The van der Waals surface area contributed by atoms with E-state index in [0.717, 1.165) is 5.69 Å². The van der Waals surface area contributed by atoms with Crippen molar-refractivity contribution >= 4 is 12.0 Å². The number of nitrogen functional groups attached to an aromatic ring is 1. The van der Waals surface area contributed by atoms with Gasteiger partial charge >= 0.3 is 0 Å². The highest BCUT2D eigenvalue weighted by atomic mass is 16.6. The molecule has 0 fully saturated rings. The summed E-state index contributed by atoms with van der Waals surface area (Å²) in [7, 11) is 1.43. The summed E-state index contributed by atoms with van der Waals surface area (Å²) in [6, 6.07) is 7.26.